The molecule has 0 aromatic rings. The highest BCUT2D eigenvalue weighted by molar-refractivity contribution is 4.88. The summed E-state index contributed by atoms with van der Waals surface area (Å²) in [5, 5.41) is 0. The highest BCUT2D eigenvalue weighted by Crippen LogP contribution is 2.36. The van der Waals surface area contributed by atoms with E-state index in [1.807, 2.05) is 0 Å². The third-order valence-electron chi connectivity index (χ3n) is 4.00. The van der Waals surface area contributed by atoms with E-state index in [1.54, 1.807) is 0 Å². The van der Waals surface area contributed by atoms with Gasteiger partial charge in [0.05, 0.1) is 6.10 Å². The number of hydrogen-bond acceptors (Lipinski definition) is 2. The summed E-state index contributed by atoms with van der Waals surface area (Å²) in [6.45, 7) is 0.899. The van der Waals surface area contributed by atoms with Crippen molar-refractivity contribution in [2.75, 3.05) is 6.61 Å². The maximum absolute atomic E-state index is 14.4. The minimum absolute atomic E-state index is 0.0847. The molecule has 0 aromatic carbocycles. The lowest BCUT2D eigenvalue weighted by Gasteiger charge is -2.33. The Labute approximate surface area is 97.7 Å². The number of ether oxygens (including phenoxy) is 1. The third kappa shape index (κ3) is 3.42. The predicted molar refractivity (Wildman–Crippen MR) is 63.1 cm³/mol. The molecule has 3 heteroatoms. The molecule has 1 saturated carbocycles. The standard InChI is InChI=1S/C13H24FNO/c14-13(7-1-4-11(15)10-13)8-2-5-12-6-3-9-16-12/h11-12H,1-10,15H2. The van der Waals surface area contributed by atoms with Crippen molar-refractivity contribution in [2.45, 2.75) is 75.6 Å². The van der Waals surface area contributed by atoms with Gasteiger partial charge in [0.1, 0.15) is 5.67 Å². The van der Waals surface area contributed by atoms with E-state index in [2.05, 4.69) is 0 Å². The topological polar surface area (TPSA) is 35.2 Å². The fourth-order valence-corrected chi connectivity index (χ4v) is 3.10. The van der Waals surface area contributed by atoms with E-state index in [0.717, 1.165) is 32.3 Å². The lowest BCUT2D eigenvalue weighted by Crippen LogP contribution is -2.38. The minimum Gasteiger partial charge on any atom is -0.378 e. The van der Waals surface area contributed by atoms with Crippen molar-refractivity contribution in [1.29, 1.82) is 0 Å². The van der Waals surface area contributed by atoms with E-state index < -0.39 is 5.67 Å². The van der Waals surface area contributed by atoms with Gasteiger partial charge in [-0.15, -0.1) is 0 Å². The summed E-state index contributed by atoms with van der Waals surface area (Å²) in [5.74, 6) is 0. The second-order valence-electron chi connectivity index (χ2n) is 5.53. The first-order chi connectivity index (χ1) is 7.68. The van der Waals surface area contributed by atoms with Crippen LogP contribution in [0.25, 0.3) is 0 Å². The summed E-state index contributed by atoms with van der Waals surface area (Å²) >= 11 is 0. The molecule has 2 N–H and O–H groups in total. The summed E-state index contributed by atoms with van der Waals surface area (Å²) in [7, 11) is 0. The maximum atomic E-state index is 14.4. The molecule has 2 nitrogen and oxygen atoms in total. The number of halogens is 1. The van der Waals surface area contributed by atoms with Crippen LogP contribution in [-0.2, 0) is 4.74 Å². The highest BCUT2D eigenvalue weighted by atomic mass is 19.1. The summed E-state index contributed by atoms with van der Waals surface area (Å²) in [5.41, 5.74) is 4.86. The van der Waals surface area contributed by atoms with Crippen LogP contribution < -0.4 is 5.73 Å². The van der Waals surface area contributed by atoms with Gasteiger partial charge in [-0.1, -0.05) is 0 Å². The molecule has 16 heavy (non-hydrogen) atoms. The van der Waals surface area contributed by atoms with Crippen molar-refractivity contribution in [3.63, 3.8) is 0 Å². The van der Waals surface area contributed by atoms with E-state index in [1.165, 1.54) is 12.8 Å². The van der Waals surface area contributed by atoms with Crippen LogP contribution in [0.15, 0.2) is 0 Å². The molecule has 3 unspecified atom stereocenters. The number of rotatable bonds is 4. The second-order valence-corrected chi connectivity index (χ2v) is 5.53. The molecule has 0 bridgehead atoms. The van der Waals surface area contributed by atoms with Gasteiger partial charge in [-0.3, -0.25) is 0 Å². The fourth-order valence-electron chi connectivity index (χ4n) is 3.10. The Morgan fingerprint density at radius 3 is 2.88 bits per heavy atom. The zero-order valence-electron chi connectivity index (χ0n) is 10.1. The molecule has 1 aliphatic heterocycles. The quantitative estimate of drug-likeness (QED) is 0.804. The molecule has 0 amide bonds. The summed E-state index contributed by atoms with van der Waals surface area (Å²) in [6.07, 6.45) is 8.64. The number of hydrogen-bond donors (Lipinski definition) is 1. The van der Waals surface area contributed by atoms with Crippen molar-refractivity contribution in [3.05, 3.63) is 0 Å². The zero-order valence-corrected chi connectivity index (χ0v) is 10.1. The van der Waals surface area contributed by atoms with Crippen molar-refractivity contribution >= 4 is 0 Å². The Bertz CT molecular complexity index is 218. The van der Waals surface area contributed by atoms with E-state index >= 15 is 0 Å². The van der Waals surface area contributed by atoms with Gasteiger partial charge in [-0.05, 0) is 57.8 Å². The Hall–Kier alpha value is -0.150. The van der Waals surface area contributed by atoms with Crippen molar-refractivity contribution < 1.29 is 9.13 Å². The summed E-state index contributed by atoms with van der Waals surface area (Å²) < 4.78 is 19.9. The van der Waals surface area contributed by atoms with Crippen LogP contribution in [0.5, 0.6) is 0 Å². The summed E-state index contributed by atoms with van der Waals surface area (Å²) in [6, 6.07) is 0.0847. The molecule has 2 fully saturated rings. The molecular formula is C13H24FNO. The van der Waals surface area contributed by atoms with Gasteiger partial charge >= 0.3 is 0 Å². The number of alkyl halides is 1. The lowest BCUT2D eigenvalue weighted by atomic mass is 9.80. The average Bonchev–Trinajstić information content (AvgIpc) is 2.69. The Morgan fingerprint density at radius 1 is 1.31 bits per heavy atom. The Kier molecular flexibility index (Phi) is 4.20. The Balaban J connectivity index is 1.67. The predicted octanol–water partition coefficient (Wildman–Crippen LogP) is 2.95. The fraction of sp³-hybridized carbons (Fsp3) is 1.00. The van der Waals surface area contributed by atoms with Gasteiger partial charge < -0.3 is 10.5 Å². The van der Waals surface area contributed by atoms with Crippen LogP contribution >= 0.6 is 0 Å². The maximum Gasteiger partial charge on any atom is 0.112 e. The van der Waals surface area contributed by atoms with Crippen LogP contribution in [0.1, 0.15) is 57.8 Å². The van der Waals surface area contributed by atoms with Gasteiger partial charge in [0.25, 0.3) is 0 Å². The van der Waals surface area contributed by atoms with E-state index in [9.17, 15) is 4.39 Å². The molecule has 0 aromatic heterocycles. The van der Waals surface area contributed by atoms with Gasteiger partial charge in [0, 0.05) is 12.6 Å². The normalized spacial score (nSPS) is 40.1. The molecular weight excluding hydrogens is 205 g/mol. The van der Waals surface area contributed by atoms with Crippen LogP contribution in [-0.4, -0.2) is 24.4 Å². The smallest absolute Gasteiger partial charge is 0.112 e. The van der Waals surface area contributed by atoms with Crippen LogP contribution in [0.4, 0.5) is 4.39 Å². The van der Waals surface area contributed by atoms with E-state index in [0.29, 0.717) is 25.4 Å². The lowest BCUT2D eigenvalue weighted by molar-refractivity contribution is 0.0672. The molecule has 94 valence electrons. The second kappa shape index (κ2) is 5.46. The van der Waals surface area contributed by atoms with Crippen LogP contribution in [0.2, 0.25) is 0 Å². The van der Waals surface area contributed by atoms with Crippen molar-refractivity contribution in [2.24, 2.45) is 5.73 Å². The highest BCUT2D eigenvalue weighted by Gasteiger charge is 2.34. The molecule has 1 heterocycles. The van der Waals surface area contributed by atoms with Crippen LogP contribution in [0.3, 0.4) is 0 Å². The summed E-state index contributed by atoms with van der Waals surface area (Å²) in [4.78, 5) is 0. The molecule has 0 spiro atoms. The molecule has 1 saturated heterocycles. The average molecular weight is 229 g/mol. The van der Waals surface area contributed by atoms with Gasteiger partial charge in [0.2, 0.25) is 0 Å². The first kappa shape index (κ1) is 12.3. The van der Waals surface area contributed by atoms with Crippen molar-refractivity contribution in [1.82, 2.24) is 0 Å². The molecule has 3 atom stereocenters. The molecule has 2 rings (SSSR count). The number of nitrogens with two attached hydrogens (primary N) is 1. The third-order valence-corrected chi connectivity index (χ3v) is 4.00. The monoisotopic (exact) mass is 229 g/mol. The molecule has 2 aliphatic rings. The first-order valence-electron chi connectivity index (χ1n) is 6.74. The van der Waals surface area contributed by atoms with Gasteiger partial charge in [0.15, 0.2) is 0 Å². The van der Waals surface area contributed by atoms with E-state index in [-0.39, 0.29) is 6.04 Å². The molecule has 1 aliphatic carbocycles. The Morgan fingerprint density at radius 2 is 2.19 bits per heavy atom. The zero-order chi connectivity index (χ0) is 11.4. The minimum atomic E-state index is -0.976. The molecule has 0 radical (unpaired) electrons. The van der Waals surface area contributed by atoms with Crippen molar-refractivity contribution in [3.8, 4) is 0 Å². The first-order valence-corrected chi connectivity index (χ1v) is 6.74. The van der Waals surface area contributed by atoms with E-state index in [4.69, 9.17) is 10.5 Å². The SMILES string of the molecule is NC1CCCC(F)(CCCC2CCCO2)C1. The van der Waals surface area contributed by atoms with Gasteiger partial charge in [-0.2, -0.15) is 0 Å². The largest absolute Gasteiger partial charge is 0.378 e. The van der Waals surface area contributed by atoms with Crippen LogP contribution in [0, 0.1) is 0 Å². The van der Waals surface area contributed by atoms with Gasteiger partial charge in [-0.25, -0.2) is 4.39 Å².